The average Bonchev–Trinajstić information content (AvgIpc) is 2.40. The standard InChI is InChI=1S/C14H18N2O2/c1-3-18-14(17)13-5-4-12(10-15-13)11-6-8-16(2)9-7-11/h4-6,10H,3,7-9H2,1-2H3. The second-order valence-electron chi connectivity index (χ2n) is 4.39. The summed E-state index contributed by atoms with van der Waals surface area (Å²) < 4.78 is 4.90. The fourth-order valence-electron chi connectivity index (χ4n) is 1.94. The van der Waals surface area contributed by atoms with Crippen molar-refractivity contribution in [3.8, 4) is 0 Å². The lowest BCUT2D eigenvalue weighted by Gasteiger charge is -2.21. The van der Waals surface area contributed by atoms with Gasteiger partial charge < -0.3 is 9.64 Å². The molecule has 0 unspecified atom stereocenters. The van der Waals surface area contributed by atoms with Gasteiger partial charge >= 0.3 is 5.97 Å². The second kappa shape index (κ2) is 5.78. The van der Waals surface area contributed by atoms with Gasteiger partial charge in [-0.1, -0.05) is 12.1 Å². The molecule has 4 heteroatoms. The molecule has 0 N–H and O–H groups in total. The van der Waals surface area contributed by atoms with Crippen molar-refractivity contribution in [2.45, 2.75) is 13.3 Å². The molecule has 0 aromatic carbocycles. The number of likely N-dealkylation sites (N-methyl/N-ethyl adjacent to an activating group) is 1. The zero-order valence-corrected chi connectivity index (χ0v) is 10.8. The summed E-state index contributed by atoms with van der Waals surface area (Å²) in [5, 5.41) is 0. The molecule has 0 radical (unpaired) electrons. The number of hydrogen-bond donors (Lipinski definition) is 0. The number of ether oxygens (including phenoxy) is 1. The van der Waals surface area contributed by atoms with Crippen LogP contribution < -0.4 is 0 Å². The van der Waals surface area contributed by atoms with Crippen molar-refractivity contribution in [2.75, 3.05) is 26.7 Å². The van der Waals surface area contributed by atoms with Crippen LogP contribution in [0.1, 0.15) is 29.4 Å². The minimum absolute atomic E-state index is 0.360. The average molecular weight is 246 g/mol. The highest BCUT2D eigenvalue weighted by Crippen LogP contribution is 2.21. The highest BCUT2D eigenvalue weighted by atomic mass is 16.5. The molecule has 1 aliphatic heterocycles. The summed E-state index contributed by atoms with van der Waals surface area (Å²) in [6, 6.07) is 3.67. The van der Waals surface area contributed by atoms with Gasteiger partial charge in [0.05, 0.1) is 6.61 Å². The molecule has 0 atom stereocenters. The van der Waals surface area contributed by atoms with Gasteiger partial charge in [0.15, 0.2) is 0 Å². The first kappa shape index (κ1) is 12.8. The Kier molecular flexibility index (Phi) is 4.10. The summed E-state index contributed by atoms with van der Waals surface area (Å²) in [6.07, 6.45) is 4.99. The van der Waals surface area contributed by atoms with E-state index in [-0.39, 0.29) is 5.97 Å². The summed E-state index contributed by atoms with van der Waals surface area (Å²) in [4.78, 5) is 17.9. The van der Waals surface area contributed by atoms with Gasteiger partial charge in [0.25, 0.3) is 0 Å². The van der Waals surface area contributed by atoms with Crippen molar-refractivity contribution < 1.29 is 9.53 Å². The van der Waals surface area contributed by atoms with Gasteiger partial charge in [-0.3, -0.25) is 0 Å². The lowest BCUT2D eigenvalue weighted by atomic mass is 10.0. The molecule has 0 fully saturated rings. The number of carbonyl (C=O) groups excluding carboxylic acids is 1. The van der Waals surface area contributed by atoms with E-state index in [9.17, 15) is 4.79 Å². The van der Waals surface area contributed by atoms with Gasteiger partial charge in [-0.05, 0) is 37.6 Å². The van der Waals surface area contributed by atoms with E-state index in [1.807, 2.05) is 6.07 Å². The molecule has 18 heavy (non-hydrogen) atoms. The minimum atomic E-state index is -0.360. The maximum absolute atomic E-state index is 11.5. The van der Waals surface area contributed by atoms with Crippen LogP contribution in [-0.2, 0) is 4.74 Å². The number of hydrogen-bond acceptors (Lipinski definition) is 4. The van der Waals surface area contributed by atoms with Crippen LogP contribution >= 0.6 is 0 Å². The van der Waals surface area contributed by atoms with Crippen LogP contribution in [0, 0.1) is 0 Å². The monoisotopic (exact) mass is 246 g/mol. The molecule has 0 spiro atoms. The molecular formula is C14H18N2O2. The van der Waals surface area contributed by atoms with Crippen LogP contribution in [0.4, 0.5) is 0 Å². The lowest BCUT2D eigenvalue weighted by molar-refractivity contribution is 0.0519. The molecule has 0 saturated carbocycles. The van der Waals surface area contributed by atoms with Crippen LogP contribution in [0.15, 0.2) is 24.4 Å². The van der Waals surface area contributed by atoms with Crippen molar-refractivity contribution >= 4 is 11.5 Å². The lowest BCUT2D eigenvalue weighted by Crippen LogP contribution is -2.23. The molecule has 2 heterocycles. The minimum Gasteiger partial charge on any atom is -0.461 e. The largest absolute Gasteiger partial charge is 0.461 e. The Morgan fingerprint density at radius 3 is 2.89 bits per heavy atom. The van der Waals surface area contributed by atoms with Crippen LogP contribution in [-0.4, -0.2) is 42.6 Å². The Morgan fingerprint density at radius 1 is 1.50 bits per heavy atom. The quantitative estimate of drug-likeness (QED) is 0.765. The van der Waals surface area contributed by atoms with E-state index in [1.165, 1.54) is 5.57 Å². The molecule has 2 rings (SSSR count). The molecule has 96 valence electrons. The number of pyridine rings is 1. The SMILES string of the molecule is CCOC(=O)c1ccc(C2=CCN(C)CC2)cn1. The number of aromatic nitrogens is 1. The summed E-state index contributed by atoms with van der Waals surface area (Å²) in [6.45, 7) is 4.19. The van der Waals surface area contributed by atoms with E-state index < -0.39 is 0 Å². The van der Waals surface area contributed by atoms with E-state index in [2.05, 4.69) is 23.0 Å². The van der Waals surface area contributed by atoms with Crippen molar-refractivity contribution in [1.29, 1.82) is 0 Å². The number of esters is 1. The van der Waals surface area contributed by atoms with Gasteiger partial charge in [0.1, 0.15) is 5.69 Å². The Bertz CT molecular complexity index is 451. The van der Waals surface area contributed by atoms with Crippen LogP contribution in [0.2, 0.25) is 0 Å². The molecular weight excluding hydrogens is 228 g/mol. The predicted molar refractivity (Wildman–Crippen MR) is 70.3 cm³/mol. The van der Waals surface area contributed by atoms with E-state index in [0.717, 1.165) is 25.1 Å². The molecule has 0 amide bonds. The van der Waals surface area contributed by atoms with Crippen molar-refractivity contribution in [3.05, 3.63) is 35.7 Å². The van der Waals surface area contributed by atoms with Crippen LogP contribution in [0.5, 0.6) is 0 Å². The third-order valence-corrected chi connectivity index (χ3v) is 3.03. The van der Waals surface area contributed by atoms with E-state index in [1.54, 1.807) is 19.2 Å². The maximum atomic E-state index is 11.5. The van der Waals surface area contributed by atoms with Gasteiger partial charge in [-0.25, -0.2) is 9.78 Å². The number of carbonyl (C=O) groups is 1. The van der Waals surface area contributed by atoms with Crippen molar-refractivity contribution in [3.63, 3.8) is 0 Å². The summed E-state index contributed by atoms with van der Waals surface area (Å²) in [5.74, 6) is -0.360. The third-order valence-electron chi connectivity index (χ3n) is 3.03. The van der Waals surface area contributed by atoms with Gasteiger partial charge in [0, 0.05) is 19.3 Å². The third kappa shape index (κ3) is 2.96. The first-order chi connectivity index (χ1) is 8.70. The molecule has 4 nitrogen and oxygen atoms in total. The molecule has 1 aromatic heterocycles. The fourth-order valence-corrected chi connectivity index (χ4v) is 1.94. The summed E-state index contributed by atoms with van der Waals surface area (Å²) >= 11 is 0. The Hall–Kier alpha value is -1.68. The molecule has 0 aliphatic carbocycles. The predicted octanol–water partition coefficient (Wildman–Crippen LogP) is 1.98. The molecule has 0 bridgehead atoms. The molecule has 0 saturated heterocycles. The van der Waals surface area contributed by atoms with Gasteiger partial charge in [0.2, 0.25) is 0 Å². The number of nitrogens with zero attached hydrogens (tertiary/aromatic N) is 2. The fraction of sp³-hybridized carbons (Fsp3) is 0.429. The van der Waals surface area contributed by atoms with Crippen LogP contribution in [0.3, 0.4) is 0 Å². The maximum Gasteiger partial charge on any atom is 0.356 e. The summed E-state index contributed by atoms with van der Waals surface area (Å²) in [5.41, 5.74) is 2.77. The normalized spacial score (nSPS) is 16.2. The van der Waals surface area contributed by atoms with Crippen LogP contribution in [0.25, 0.3) is 5.57 Å². The van der Waals surface area contributed by atoms with E-state index in [4.69, 9.17) is 4.74 Å². The smallest absolute Gasteiger partial charge is 0.356 e. The van der Waals surface area contributed by atoms with Crippen molar-refractivity contribution in [2.24, 2.45) is 0 Å². The summed E-state index contributed by atoms with van der Waals surface area (Å²) in [7, 11) is 2.11. The zero-order valence-electron chi connectivity index (χ0n) is 10.8. The highest BCUT2D eigenvalue weighted by Gasteiger charge is 2.12. The second-order valence-corrected chi connectivity index (χ2v) is 4.39. The zero-order chi connectivity index (χ0) is 13.0. The number of rotatable bonds is 3. The topological polar surface area (TPSA) is 42.4 Å². The van der Waals surface area contributed by atoms with Gasteiger partial charge in [-0.2, -0.15) is 0 Å². The van der Waals surface area contributed by atoms with E-state index >= 15 is 0 Å². The Labute approximate surface area is 107 Å². The van der Waals surface area contributed by atoms with E-state index in [0.29, 0.717) is 12.3 Å². The Morgan fingerprint density at radius 2 is 2.33 bits per heavy atom. The Balaban J connectivity index is 2.10. The molecule has 1 aliphatic rings. The first-order valence-corrected chi connectivity index (χ1v) is 6.22. The van der Waals surface area contributed by atoms with Gasteiger partial charge in [-0.15, -0.1) is 0 Å². The highest BCUT2D eigenvalue weighted by molar-refractivity contribution is 5.87. The van der Waals surface area contributed by atoms with Crippen molar-refractivity contribution in [1.82, 2.24) is 9.88 Å². The first-order valence-electron chi connectivity index (χ1n) is 6.22. The molecule has 1 aromatic rings.